The molecule has 0 aliphatic heterocycles. The van der Waals surface area contributed by atoms with E-state index in [1.54, 1.807) is 0 Å². The Hall–Kier alpha value is -1.48. The molecule has 1 N–H and O–H groups in total. The van der Waals surface area contributed by atoms with Crippen LogP contribution in [0, 0.1) is 0 Å². The van der Waals surface area contributed by atoms with Crippen molar-refractivity contribution in [1.82, 2.24) is 5.32 Å². The van der Waals surface area contributed by atoms with Crippen molar-refractivity contribution in [3.63, 3.8) is 0 Å². The summed E-state index contributed by atoms with van der Waals surface area (Å²) in [6, 6.07) is 5.98. The van der Waals surface area contributed by atoms with E-state index < -0.39 is 0 Å². The highest BCUT2D eigenvalue weighted by atomic mass is 16.5. The lowest BCUT2D eigenvalue weighted by atomic mass is 10.1. The highest BCUT2D eigenvalue weighted by Crippen LogP contribution is 2.26. The summed E-state index contributed by atoms with van der Waals surface area (Å²) in [4.78, 5) is 0. The van der Waals surface area contributed by atoms with Crippen molar-refractivity contribution in [1.29, 1.82) is 0 Å². The van der Waals surface area contributed by atoms with Crippen LogP contribution in [-0.2, 0) is 6.42 Å². The third kappa shape index (κ3) is 5.66. The van der Waals surface area contributed by atoms with Gasteiger partial charge in [-0.05, 0) is 51.4 Å². The third-order valence-corrected chi connectivity index (χ3v) is 2.89. The fraction of sp³-hybridized carbons (Fsp3) is 0.529. The maximum absolute atomic E-state index is 6.01. The van der Waals surface area contributed by atoms with Crippen LogP contribution in [0.15, 0.2) is 30.9 Å². The second kappa shape index (κ2) is 9.43. The minimum Gasteiger partial charge on any atom is -0.494 e. The first-order valence-electron chi connectivity index (χ1n) is 7.45. The van der Waals surface area contributed by atoms with Crippen molar-refractivity contribution in [2.24, 2.45) is 0 Å². The molecule has 0 bridgehead atoms. The Morgan fingerprint density at radius 1 is 1.35 bits per heavy atom. The summed E-state index contributed by atoms with van der Waals surface area (Å²) in [7, 11) is 0. The van der Waals surface area contributed by atoms with Crippen LogP contribution in [0.25, 0.3) is 0 Å². The van der Waals surface area contributed by atoms with Crippen LogP contribution in [0.3, 0.4) is 0 Å². The van der Waals surface area contributed by atoms with E-state index in [1.807, 2.05) is 31.2 Å². The van der Waals surface area contributed by atoms with Crippen LogP contribution < -0.4 is 14.8 Å². The molecular formula is C17H27NO2. The first kappa shape index (κ1) is 16.6. The van der Waals surface area contributed by atoms with Crippen molar-refractivity contribution in [2.45, 2.75) is 39.7 Å². The van der Waals surface area contributed by atoms with Gasteiger partial charge in [-0.2, -0.15) is 0 Å². The Morgan fingerprint density at radius 3 is 2.80 bits per heavy atom. The molecule has 112 valence electrons. The Balaban J connectivity index is 2.69. The Bertz CT molecular complexity index is 404. The zero-order valence-electron chi connectivity index (χ0n) is 12.9. The summed E-state index contributed by atoms with van der Waals surface area (Å²) >= 11 is 0. The van der Waals surface area contributed by atoms with Gasteiger partial charge in [-0.1, -0.05) is 13.0 Å². The second-order valence-electron chi connectivity index (χ2n) is 4.83. The minimum atomic E-state index is 0.142. The molecule has 1 aromatic rings. The van der Waals surface area contributed by atoms with Gasteiger partial charge in [0.15, 0.2) is 0 Å². The van der Waals surface area contributed by atoms with E-state index in [9.17, 15) is 0 Å². The maximum atomic E-state index is 6.01. The van der Waals surface area contributed by atoms with Crippen molar-refractivity contribution < 1.29 is 9.47 Å². The number of allylic oxidation sites excluding steroid dienone is 1. The summed E-state index contributed by atoms with van der Waals surface area (Å²) < 4.78 is 11.5. The normalized spacial score (nSPS) is 11.9. The highest BCUT2D eigenvalue weighted by Gasteiger charge is 2.09. The molecule has 0 radical (unpaired) electrons. The smallest absolute Gasteiger partial charge is 0.123 e. The van der Waals surface area contributed by atoms with E-state index in [0.29, 0.717) is 6.61 Å². The largest absolute Gasteiger partial charge is 0.494 e. The molecule has 1 rings (SSSR count). The van der Waals surface area contributed by atoms with Gasteiger partial charge in [0.2, 0.25) is 0 Å². The summed E-state index contributed by atoms with van der Waals surface area (Å²) in [5.41, 5.74) is 1.12. The predicted molar refractivity (Wildman–Crippen MR) is 84.8 cm³/mol. The van der Waals surface area contributed by atoms with Crippen molar-refractivity contribution in [3.05, 3.63) is 36.4 Å². The van der Waals surface area contributed by atoms with Gasteiger partial charge < -0.3 is 14.8 Å². The SMILES string of the molecule is C=CCc1cc(OCC)ccc1OC(C)CNCCC. The summed E-state index contributed by atoms with van der Waals surface area (Å²) in [5, 5.41) is 3.37. The van der Waals surface area contributed by atoms with E-state index in [4.69, 9.17) is 9.47 Å². The zero-order valence-corrected chi connectivity index (χ0v) is 12.9. The number of rotatable bonds is 10. The lowest BCUT2D eigenvalue weighted by Gasteiger charge is -2.18. The van der Waals surface area contributed by atoms with Crippen molar-refractivity contribution in [2.75, 3.05) is 19.7 Å². The first-order valence-corrected chi connectivity index (χ1v) is 7.45. The summed E-state index contributed by atoms with van der Waals surface area (Å²) in [5.74, 6) is 1.80. The van der Waals surface area contributed by atoms with Gasteiger partial charge in [0, 0.05) is 12.1 Å². The molecule has 1 unspecified atom stereocenters. The molecule has 0 amide bonds. The van der Waals surface area contributed by atoms with Crippen molar-refractivity contribution in [3.8, 4) is 11.5 Å². The van der Waals surface area contributed by atoms with Gasteiger partial charge in [0.25, 0.3) is 0 Å². The number of hydrogen-bond donors (Lipinski definition) is 1. The number of benzene rings is 1. The summed E-state index contributed by atoms with van der Waals surface area (Å²) in [6.07, 6.45) is 3.95. The minimum absolute atomic E-state index is 0.142. The van der Waals surface area contributed by atoms with Crippen LogP contribution in [0.2, 0.25) is 0 Å². The van der Waals surface area contributed by atoms with Gasteiger partial charge >= 0.3 is 0 Å². The first-order chi connectivity index (χ1) is 9.71. The van der Waals surface area contributed by atoms with Gasteiger partial charge in [0.05, 0.1) is 6.61 Å². The number of hydrogen-bond acceptors (Lipinski definition) is 3. The fourth-order valence-electron chi connectivity index (χ4n) is 1.98. The van der Waals surface area contributed by atoms with Crippen LogP contribution >= 0.6 is 0 Å². The van der Waals surface area contributed by atoms with E-state index in [1.165, 1.54) is 0 Å². The van der Waals surface area contributed by atoms with Crippen LogP contribution in [0.5, 0.6) is 11.5 Å². The molecule has 3 nitrogen and oxygen atoms in total. The van der Waals surface area contributed by atoms with E-state index in [2.05, 4.69) is 25.7 Å². The van der Waals surface area contributed by atoms with Gasteiger partial charge in [-0.15, -0.1) is 6.58 Å². The van der Waals surface area contributed by atoms with Crippen LogP contribution in [0.1, 0.15) is 32.8 Å². The van der Waals surface area contributed by atoms with Gasteiger partial charge in [0.1, 0.15) is 17.6 Å². The number of ether oxygens (including phenoxy) is 2. The lowest BCUT2D eigenvalue weighted by Crippen LogP contribution is -2.29. The average molecular weight is 277 g/mol. The molecule has 0 saturated carbocycles. The maximum Gasteiger partial charge on any atom is 0.123 e. The Morgan fingerprint density at radius 2 is 2.15 bits per heavy atom. The molecule has 0 heterocycles. The lowest BCUT2D eigenvalue weighted by molar-refractivity contribution is 0.215. The molecule has 0 spiro atoms. The van der Waals surface area contributed by atoms with Gasteiger partial charge in [-0.25, -0.2) is 0 Å². The zero-order chi connectivity index (χ0) is 14.8. The molecule has 0 fully saturated rings. The molecule has 0 saturated heterocycles. The molecular weight excluding hydrogens is 250 g/mol. The highest BCUT2D eigenvalue weighted by molar-refractivity contribution is 5.41. The monoisotopic (exact) mass is 277 g/mol. The topological polar surface area (TPSA) is 30.5 Å². The number of nitrogens with one attached hydrogen (secondary N) is 1. The Labute approximate surface area is 123 Å². The van der Waals surface area contributed by atoms with E-state index in [-0.39, 0.29) is 6.10 Å². The standard InChI is InChI=1S/C17H27NO2/c1-5-8-15-12-16(19-7-3)9-10-17(15)20-14(4)13-18-11-6-2/h5,9-10,12,14,18H,1,6-8,11,13H2,2-4H3. The molecule has 0 aromatic heterocycles. The predicted octanol–water partition coefficient (Wildman–Crippen LogP) is 3.58. The fourth-order valence-corrected chi connectivity index (χ4v) is 1.98. The molecule has 0 aliphatic rings. The van der Waals surface area contributed by atoms with E-state index >= 15 is 0 Å². The quantitative estimate of drug-likeness (QED) is 0.524. The molecule has 20 heavy (non-hydrogen) atoms. The molecule has 1 atom stereocenters. The van der Waals surface area contributed by atoms with Crippen molar-refractivity contribution >= 4 is 0 Å². The summed E-state index contributed by atoms with van der Waals surface area (Å²) in [6.45, 7) is 12.6. The molecule has 3 heteroatoms. The Kier molecular flexibility index (Phi) is 7.81. The van der Waals surface area contributed by atoms with Gasteiger partial charge in [-0.3, -0.25) is 0 Å². The average Bonchev–Trinajstić information content (AvgIpc) is 2.43. The van der Waals surface area contributed by atoms with Crippen LogP contribution in [-0.4, -0.2) is 25.8 Å². The van der Waals surface area contributed by atoms with Crippen LogP contribution in [0.4, 0.5) is 0 Å². The third-order valence-electron chi connectivity index (χ3n) is 2.89. The van der Waals surface area contributed by atoms with E-state index in [0.717, 1.165) is 43.0 Å². The molecule has 1 aromatic carbocycles. The second-order valence-corrected chi connectivity index (χ2v) is 4.83. The molecule has 0 aliphatic carbocycles.